The van der Waals surface area contributed by atoms with Gasteiger partial charge in [-0.1, -0.05) is 32.1 Å². The minimum absolute atomic E-state index is 0. The van der Waals surface area contributed by atoms with Gasteiger partial charge in [0.05, 0.1) is 23.3 Å². The summed E-state index contributed by atoms with van der Waals surface area (Å²) >= 11 is 1.59. The third-order valence-corrected chi connectivity index (χ3v) is 5.29. The second kappa shape index (κ2) is 11.5. The van der Waals surface area contributed by atoms with Crippen LogP contribution in [-0.2, 0) is 10.1 Å². The zero-order valence-electron chi connectivity index (χ0n) is 13.7. The number of ether oxygens (including phenoxy) is 2. The summed E-state index contributed by atoms with van der Waals surface area (Å²) in [4.78, 5) is 0. The fourth-order valence-electron chi connectivity index (χ4n) is 2.53. The van der Waals surface area contributed by atoms with E-state index in [0.717, 1.165) is 50.0 Å². The smallest absolute Gasteiger partial charge is 0.748 e. The van der Waals surface area contributed by atoms with Crippen LogP contribution in [0.5, 0.6) is 11.5 Å². The first-order chi connectivity index (χ1) is 10.5. The van der Waals surface area contributed by atoms with Crippen LogP contribution in [0.1, 0.15) is 44.9 Å². The van der Waals surface area contributed by atoms with Gasteiger partial charge < -0.3 is 14.0 Å². The van der Waals surface area contributed by atoms with E-state index in [9.17, 15) is 13.0 Å². The quantitative estimate of drug-likeness (QED) is 0.349. The van der Waals surface area contributed by atoms with E-state index in [0.29, 0.717) is 25.6 Å². The van der Waals surface area contributed by atoms with Crippen LogP contribution >= 0.6 is 11.3 Å². The van der Waals surface area contributed by atoms with Gasteiger partial charge in [-0.25, -0.2) is 8.42 Å². The maximum atomic E-state index is 10.5. The van der Waals surface area contributed by atoms with Crippen LogP contribution in [0.25, 0.3) is 0 Å². The van der Waals surface area contributed by atoms with E-state index in [1.54, 1.807) is 11.3 Å². The van der Waals surface area contributed by atoms with Crippen molar-refractivity contribution in [1.29, 1.82) is 0 Å². The molecule has 126 valence electrons. The Morgan fingerprint density at radius 1 is 1.00 bits per heavy atom. The molecule has 1 aliphatic heterocycles. The van der Waals surface area contributed by atoms with E-state index in [1.807, 2.05) is 10.8 Å². The largest absolute Gasteiger partial charge is 1.00 e. The fourth-order valence-corrected chi connectivity index (χ4v) is 3.77. The van der Waals surface area contributed by atoms with E-state index in [1.165, 1.54) is 0 Å². The number of rotatable bonds is 9. The predicted octanol–water partition coefficient (Wildman–Crippen LogP) is 0.415. The summed E-state index contributed by atoms with van der Waals surface area (Å²) < 4.78 is 42.8. The first-order valence-corrected chi connectivity index (χ1v) is 10.3. The van der Waals surface area contributed by atoms with E-state index in [-0.39, 0.29) is 57.1 Å². The number of fused-ring (bicyclic) bond motifs is 1. The number of thiophene rings is 1. The fraction of sp³-hybridized carbons (Fsp3) is 0.733. The second-order valence-electron chi connectivity index (χ2n) is 5.76. The van der Waals surface area contributed by atoms with Crippen molar-refractivity contribution in [2.24, 2.45) is 5.92 Å². The van der Waals surface area contributed by atoms with Crippen LogP contribution in [0.3, 0.4) is 0 Å². The Labute approximate surface area is 185 Å². The molecule has 0 aromatic carbocycles. The molecule has 0 fully saturated rings. The first-order valence-electron chi connectivity index (χ1n) is 7.80. The Hall–Kier alpha value is 0.846. The Morgan fingerprint density at radius 2 is 1.52 bits per heavy atom. The van der Waals surface area contributed by atoms with E-state index >= 15 is 0 Å². The molecule has 1 aliphatic rings. The Kier molecular flexibility index (Phi) is 10.9. The Morgan fingerprint density at radius 3 is 2.09 bits per heavy atom. The van der Waals surface area contributed by atoms with Crippen LogP contribution in [-0.4, -0.2) is 31.9 Å². The van der Waals surface area contributed by atoms with Crippen molar-refractivity contribution in [3.8, 4) is 11.5 Å². The van der Waals surface area contributed by atoms with E-state index < -0.39 is 10.1 Å². The molecule has 0 saturated heterocycles. The summed E-state index contributed by atoms with van der Waals surface area (Å²) in [6.07, 6.45) is 6.72. The normalized spacial score (nSPS) is 15.0. The standard InChI is InChI=1S/C15H24O5S2.K/c16-22(17,18)8-6-4-2-1-3-5-7-13-9-19-14-11-21-12-15(14)20-10-13;/h11-13H,1-10H2,(H,16,17,18);/q;+1/p-1. The van der Waals surface area contributed by atoms with Gasteiger partial charge in [-0.15, -0.1) is 11.3 Å². The molecule has 1 aromatic heterocycles. The molecule has 0 atom stereocenters. The molecule has 2 heterocycles. The number of hydrogen-bond donors (Lipinski definition) is 0. The molecule has 8 heteroatoms. The van der Waals surface area contributed by atoms with Crippen molar-refractivity contribution in [3.05, 3.63) is 10.8 Å². The van der Waals surface area contributed by atoms with Gasteiger partial charge in [0.25, 0.3) is 0 Å². The SMILES string of the molecule is O=S(=O)([O-])CCCCCCCCC1COc2cscc2OC1.[K+]. The van der Waals surface area contributed by atoms with E-state index in [4.69, 9.17) is 9.47 Å². The van der Waals surface area contributed by atoms with Gasteiger partial charge in [0.15, 0.2) is 11.5 Å². The van der Waals surface area contributed by atoms with Gasteiger partial charge in [0.1, 0.15) is 0 Å². The number of unbranched alkanes of at least 4 members (excludes halogenated alkanes) is 5. The molecule has 0 saturated carbocycles. The second-order valence-corrected chi connectivity index (χ2v) is 8.03. The summed E-state index contributed by atoms with van der Waals surface area (Å²) in [5.41, 5.74) is 0. The molecule has 0 spiro atoms. The molecule has 0 N–H and O–H groups in total. The van der Waals surface area contributed by atoms with Crippen molar-refractivity contribution < 1.29 is 73.8 Å². The van der Waals surface area contributed by atoms with Crippen LogP contribution in [0.2, 0.25) is 0 Å². The third kappa shape index (κ3) is 9.20. The molecule has 0 bridgehead atoms. The average Bonchev–Trinajstić information content (AvgIpc) is 2.82. The summed E-state index contributed by atoms with van der Waals surface area (Å²) in [6, 6.07) is 0. The summed E-state index contributed by atoms with van der Waals surface area (Å²) in [5, 5.41) is 3.94. The molecule has 0 unspecified atom stereocenters. The number of hydrogen-bond acceptors (Lipinski definition) is 6. The van der Waals surface area contributed by atoms with Crippen LogP contribution < -0.4 is 60.9 Å². The molecular formula is C15H23KO5S2. The molecule has 0 amide bonds. The molecule has 0 aliphatic carbocycles. The Bertz CT molecular complexity index is 521. The van der Waals surface area contributed by atoms with Gasteiger partial charge in [-0.05, 0) is 12.8 Å². The summed E-state index contributed by atoms with van der Waals surface area (Å²) in [7, 11) is -4.03. The van der Waals surface area contributed by atoms with Gasteiger partial charge in [-0.2, -0.15) is 0 Å². The first kappa shape index (κ1) is 21.9. The maximum absolute atomic E-state index is 10.5. The maximum Gasteiger partial charge on any atom is 1.00 e. The average molecular weight is 387 g/mol. The molecular weight excluding hydrogens is 363 g/mol. The van der Waals surface area contributed by atoms with Gasteiger partial charge in [0.2, 0.25) is 0 Å². The zero-order chi connectivity index (χ0) is 15.8. The van der Waals surface area contributed by atoms with Crippen LogP contribution in [0, 0.1) is 5.92 Å². The van der Waals surface area contributed by atoms with Crippen molar-refractivity contribution >= 4 is 21.5 Å². The monoisotopic (exact) mass is 386 g/mol. The molecule has 2 rings (SSSR count). The molecule has 5 nitrogen and oxygen atoms in total. The molecule has 23 heavy (non-hydrogen) atoms. The van der Waals surface area contributed by atoms with Crippen molar-refractivity contribution in [3.63, 3.8) is 0 Å². The Balaban J connectivity index is 0.00000264. The van der Waals surface area contributed by atoms with E-state index in [2.05, 4.69) is 0 Å². The van der Waals surface area contributed by atoms with Crippen LogP contribution in [0.4, 0.5) is 0 Å². The third-order valence-electron chi connectivity index (χ3n) is 3.80. The molecule has 1 aromatic rings. The van der Waals surface area contributed by atoms with Gasteiger partial charge >= 0.3 is 51.4 Å². The summed E-state index contributed by atoms with van der Waals surface area (Å²) in [6.45, 7) is 1.43. The van der Waals surface area contributed by atoms with Crippen molar-refractivity contribution in [2.75, 3.05) is 19.0 Å². The molecule has 0 radical (unpaired) electrons. The minimum atomic E-state index is -4.03. The van der Waals surface area contributed by atoms with Crippen LogP contribution in [0.15, 0.2) is 10.8 Å². The van der Waals surface area contributed by atoms with Crippen molar-refractivity contribution in [1.82, 2.24) is 0 Å². The zero-order valence-corrected chi connectivity index (χ0v) is 18.4. The minimum Gasteiger partial charge on any atom is -0.748 e. The summed E-state index contributed by atoms with van der Waals surface area (Å²) in [5.74, 6) is 1.93. The predicted molar refractivity (Wildman–Crippen MR) is 85.7 cm³/mol. The van der Waals surface area contributed by atoms with Gasteiger partial charge in [0, 0.05) is 22.4 Å². The van der Waals surface area contributed by atoms with Gasteiger partial charge in [-0.3, -0.25) is 0 Å². The van der Waals surface area contributed by atoms with Crippen molar-refractivity contribution in [2.45, 2.75) is 44.9 Å². The topological polar surface area (TPSA) is 75.7 Å².